The summed E-state index contributed by atoms with van der Waals surface area (Å²) in [6, 6.07) is 13.0. The molecule has 110 valence electrons. The average Bonchev–Trinajstić information content (AvgIpc) is 2.54. The van der Waals surface area contributed by atoms with Crippen molar-refractivity contribution in [3.05, 3.63) is 53.6 Å². The minimum Gasteiger partial charge on any atom is -0.493 e. The molecule has 1 aliphatic heterocycles. The summed E-state index contributed by atoms with van der Waals surface area (Å²) in [6.07, 6.45) is -0.815. The zero-order chi connectivity index (χ0) is 14.7. The molecule has 0 aliphatic carbocycles. The molecule has 1 atom stereocenters. The van der Waals surface area contributed by atoms with Gasteiger partial charge < -0.3 is 19.3 Å². The van der Waals surface area contributed by atoms with E-state index in [1.54, 1.807) is 0 Å². The van der Waals surface area contributed by atoms with E-state index in [1.165, 1.54) is 0 Å². The maximum absolute atomic E-state index is 10.7. The van der Waals surface area contributed by atoms with E-state index >= 15 is 0 Å². The molecule has 0 aromatic heterocycles. The number of hydrogen-bond donors (Lipinski definition) is 1. The zero-order valence-corrected chi connectivity index (χ0v) is 11.9. The number of aliphatic hydroxyl groups is 1. The molecule has 0 radical (unpaired) electrons. The molecule has 0 fully saturated rings. The standard InChI is InChI=1S/C17H18O4/c1-2-19-14-8-4-3-6-12(14)16(18)13-7-5-9-15-17(13)21-11-10-20-15/h3-9,16,18H,2,10-11H2,1H3. The molecule has 1 aliphatic rings. The molecule has 4 nitrogen and oxygen atoms in total. The second-order valence-electron chi connectivity index (χ2n) is 4.74. The van der Waals surface area contributed by atoms with Crippen LogP contribution in [0.3, 0.4) is 0 Å². The number of ether oxygens (including phenoxy) is 3. The van der Waals surface area contributed by atoms with Crippen LogP contribution in [0, 0.1) is 0 Å². The number of rotatable bonds is 4. The number of hydrogen-bond acceptors (Lipinski definition) is 4. The Hall–Kier alpha value is -2.20. The van der Waals surface area contributed by atoms with Crippen LogP contribution in [0.2, 0.25) is 0 Å². The van der Waals surface area contributed by atoms with Crippen molar-refractivity contribution in [2.75, 3.05) is 19.8 Å². The van der Waals surface area contributed by atoms with Gasteiger partial charge in [0.2, 0.25) is 0 Å². The number of aliphatic hydroxyl groups excluding tert-OH is 1. The first-order valence-corrected chi connectivity index (χ1v) is 7.09. The maximum atomic E-state index is 10.7. The highest BCUT2D eigenvalue weighted by molar-refractivity contribution is 5.52. The fourth-order valence-electron chi connectivity index (χ4n) is 2.47. The van der Waals surface area contributed by atoms with Gasteiger partial charge in [-0.2, -0.15) is 0 Å². The summed E-state index contributed by atoms with van der Waals surface area (Å²) in [5.74, 6) is 1.97. The fourth-order valence-corrected chi connectivity index (χ4v) is 2.47. The molecule has 0 spiro atoms. The topological polar surface area (TPSA) is 47.9 Å². The summed E-state index contributed by atoms with van der Waals surface area (Å²) >= 11 is 0. The maximum Gasteiger partial charge on any atom is 0.167 e. The highest BCUT2D eigenvalue weighted by Crippen LogP contribution is 2.40. The third-order valence-electron chi connectivity index (χ3n) is 3.40. The Kier molecular flexibility index (Phi) is 3.97. The Bertz CT molecular complexity index is 624. The van der Waals surface area contributed by atoms with Crippen molar-refractivity contribution in [2.45, 2.75) is 13.0 Å². The molecule has 1 N–H and O–H groups in total. The second-order valence-corrected chi connectivity index (χ2v) is 4.74. The summed E-state index contributed by atoms with van der Waals surface area (Å²) in [4.78, 5) is 0. The molecular weight excluding hydrogens is 268 g/mol. The van der Waals surface area contributed by atoms with Crippen LogP contribution in [-0.2, 0) is 0 Å². The molecule has 1 unspecified atom stereocenters. The van der Waals surface area contributed by atoms with E-state index in [0.29, 0.717) is 42.6 Å². The largest absolute Gasteiger partial charge is 0.493 e. The lowest BCUT2D eigenvalue weighted by Gasteiger charge is -2.24. The lowest BCUT2D eigenvalue weighted by molar-refractivity contribution is 0.157. The van der Waals surface area contributed by atoms with Crippen molar-refractivity contribution in [1.82, 2.24) is 0 Å². The quantitative estimate of drug-likeness (QED) is 0.938. The SMILES string of the molecule is CCOc1ccccc1C(O)c1cccc2c1OCCO2. The van der Waals surface area contributed by atoms with Gasteiger partial charge in [0.25, 0.3) is 0 Å². The van der Waals surface area contributed by atoms with Crippen LogP contribution in [0.15, 0.2) is 42.5 Å². The number of benzene rings is 2. The lowest BCUT2D eigenvalue weighted by Crippen LogP contribution is -2.17. The van der Waals surface area contributed by atoms with Gasteiger partial charge in [-0.25, -0.2) is 0 Å². The summed E-state index contributed by atoms with van der Waals surface area (Å²) < 4.78 is 16.8. The Balaban J connectivity index is 2.01. The number of fused-ring (bicyclic) bond motifs is 1. The van der Waals surface area contributed by atoms with Crippen LogP contribution in [0.4, 0.5) is 0 Å². The van der Waals surface area contributed by atoms with Gasteiger partial charge >= 0.3 is 0 Å². The lowest BCUT2D eigenvalue weighted by atomic mass is 9.99. The van der Waals surface area contributed by atoms with Gasteiger partial charge in [0, 0.05) is 11.1 Å². The van der Waals surface area contributed by atoms with Gasteiger partial charge in [-0.05, 0) is 19.1 Å². The summed E-state index contributed by atoms with van der Waals surface area (Å²) in [5.41, 5.74) is 1.42. The smallest absolute Gasteiger partial charge is 0.167 e. The monoisotopic (exact) mass is 286 g/mol. The Morgan fingerprint density at radius 3 is 2.67 bits per heavy atom. The fraction of sp³-hybridized carbons (Fsp3) is 0.294. The van der Waals surface area contributed by atoms with Crippen molar-refractivity contribution in [3.8, 4) is 17.2 Å². The molecule has 21 heavy (non-hydrogen) atoms. The van der Waals surface area contributed by atoms with Crippen LogP contribution in [0.25, 0.3) is 0 Å². The normalized spacial score (nSPS) is 14.6. The Morgan fingerprint density at radius 2 is 1.81 bits per heavy atom. The van der Waals surface area contributed by atoms with Gasteiger partial charge in [-0.15, -0.1) is 0 Å². The van der Waals surface area contributed by atoms with Crippen molar-refractivity contribution in [1.29, 1.82) is 0 Å². The van der Waals surface area contributed by atoms with E-state index in [1.807, 2.05) is 49.4 Å². The number of para-hydroxylation sites is 2. The van der Waals surface area contributed by atoms with Gasteiger partial charge in [0.05, 0.1) is 6.61 Å². The summed E-state index contributed by atoms with van der Waals surface area (Å²) in [7, 11) is 0. The van der Waals surface area contributed by atoms with Gasteiger partial charge in [-0.1, -0.05) is 30.3 Å². The van der Waals surface area contributed by atoms with E-state index in [9.17, 15) is 5.11 Å². The third-order valence-corrected chi connectivity index (χ3v) is 3.40. The van der Waals surface area contributed by atoms with Crippen molar-refractivity contribution in [3.63, 3.8) is 0 Å². The van der Waals surface area contributed by atoms with Gasteiger partial charge in [0.15, 0.2) is 11.5 Å². The van der Waals surface area contributed by atoms with Crippen molar-refractivity contribution in [2.24, 2.45) is 0 Å². The highest BCUT2D eigenvalue weighted by Gasteiger charge is 2.23. The first kappa shape index (κ1) is 13.8. The van der Waals surface area contributed by atoms with E-state index in [4.69, 9.17) is 14.2 Å². The Morgan fingerprint density at radius 1 is 1.05 bits per heavy atom. The summed E-state index contributed by atoms with van der Waals surface area (Å²) in [6.45, 7) is 3.49. The third kappa shape index (κ3) is 2.67. The van der Waals surface area contributed by atoms with Crippen molar-refractivity contribution >= 4 is 0 Å². The van der Waals surface area contributed by atoms with E-state index in [2.05, 4.69) is 0 Å². The molecule has 2 aromatic carbocycles. The van der Waals surface area contributed by atoms with E-state index in [0.717, 1.165) is 5.56 Å². The van der Waals surface area contributed by atoms with Crippen LogP contribution < -0.4 is 14.2 Å². The minimum absolute atomic E-state index is 0.490. The molecule has 0 saturated carbocycles. The van der Waals surface area contributed by atoms with Gasteiger partial charge in [0.1, 0.15) is 25.1 Å². The second kappa shape index (κ2) is 6.06. The predicted octanol–water partition coefficient (Wildman–Crippen LogP) is 2.94. The first-order chi connectivity index (χ1) is 10.3. The summed E-state index contributed by atoms with van der Waals surface area (Å²) in [5, 5.41) is 10.7. The zero-order valence-electron chi connectivity index (χ0n) is 11.9. The molecule has 4 heteroatoms. The average molecular weight is 286 g/mol. The van der Waals surface area contributed by atoms with E-state index in [-0.39, 0.29) is 0 Å². The molecule has 2 aromatic rings. The predicted molar refractivity (Wildman–Crippen MR) is 79.1 cm³/mol. The van der Waals surface area contributed by atoms with Crippen LogP contribution in [0.1, 0.15) is 24.2 Å². The molecule has 1 heterocycles. The molecular formula is C17H18O4. The molecule has 0 bridgehead atoms. The van der Waals surface area contributed by atoms with Crippen LogP contribution >= 0.6 is 0 Å². The van der Waals surface area contributed by atoms with Gasteiger partial charge in [-0.3, -0.25) is 0 Å². The minimum atomic E-state index is -0.815. The van der Waals surface area contributed by atoms with Crippen LogP contribution in [0.5, 0.6) is 17.2 Å². The highest BCUT2D eigenvalue weighted by atomic mass is 16.6. The molecule has 0 amide bonds. The Labute approximate surface area is 123 Å². The van der Waals surface area contributed by atoms with Crippen LogP contribution in [-0.4, -0.2) is 24.9 Å². The van der Waals surface area contributed by atoms with Crippen molar-refractivity contribution < 1.29 is 19.3 Å². The van der Waals surface area contributed by atoms with E-state index < -0.39 is 6.10 Å². The molecule has 3 rings (SSSR count). The first-order valence-electron chi connectivity index (χ1n) is 7.09. The molecule has 0 saturated heterocycles.